The zero-order valence-corrected chi connectivity index (χ0v) is 16.8. The fraction of sp³-hybridized carbons (Fsp3) is 0.714. The van der Waals surface area contributed by atoms with Crippen molar-refractivity contribution in [2.75, 3.05) is 13.7 Å². The lowest BCUT2D eigenvalue weighted by atomic mass is 9.86. The van der Waals surface area contributed by atoms with E-state index in [2.05, 4.69) is 37.9 Å². The zero-order valence-electron chi connectivity index (χ0n) is 16.8. The number of nitrogens with zero attached hydrogens (tertiary/aromatic N) is 2. The first-order valence-corrected chi connectivity index (χ1v) is 10.0. The summed E-state index contributed by atoms with van der Waals surface area (Å²) in [4.78, 5) is 19.0. The molecule has 146 valence electrons. The average molecular weight is 362 g/mol. The van der Waals surface area contributed by atoms with Crippen LogP contribution in [0, 0.1) is 5.92 Å². The summed E-state index contributed by atoms with van der Waals surface area (Å²) in [6.45, 7) is 6.85. The number of aliphatic imine (C=N–C) groups is 1. The number of amides is 1. The van der Waals surface area contributed by atoms with Crippen LogP contribution in [-0.2, 0) is 9.53 Å². The Labute approximate surface area is 158 Å². The summed E-state index contributed by atoms with van der Waals surface area (Å²) in [5, 5.41) is 0. The van der Waals surface area contributed by atoms with Crippen molar-refractivity contribution in [2.45, 2.75) is 77.4 Å². The number of carbonyl (C=O) groups excluding carboxylic acids is 1. The highest BCUT2D eigenvalue weighted by Crippen LogP contribution is 2.32. The summed E-state index contributed by atoms with van der Waals surface area (Å²) in [5.74, 6) is 0.668. The number of guanidine groups is 1. The molecule has 2 N–H and O–H groups in total. The third kappa shape index (κ3) is 4.97. The minimum Gasteiger partial charge on any atom is -0.371 e. The monoisotopic (exact) mass is 361 g/mol. The number of carbonyl (C=O) groups is 1. The number of likely N-dealkylation sites (N-methyl/N-ethyl adjacent to an activating group) is 1. The van der Waals surface area contributed by atoms with Gasteiger partial charge < -0.3 is 10.5 Å². The molecule has 1 aliphatic carbocycles. The Morgan fingerprint density at radius 1 is 1.42 bits per heavy atom. The van der Waals surface area contributed by atoms with Crippen molar-refractivity contribution in [3.8, 4) is 0 Å². The Bertz CT molecular complexity index is 582. The maximum Gasteiger partial charge on any atom is 0.259 e. The first-order valence-electron chi connectivity index (χ1n) is 10.0. The normalized spacial score (nSPS) is 26.8. The Morgan fingerprint density at radius 2 is 2.19 bits per heavy atom. The molecule has 26 heavy (non-hydrogen) atoms. The van der Waals surface area contributed by atoms with Crippen molar-refractivity contribution in [1.82, 2.24) is 4.90 Å². The van der Waals surface area contributed by atoms with E-state index in [1.54, 1.807) is 7.05 Å². The minimum absolute atomic E-state index is 0.0114. The van der Waals surface area contributed by atoms with E-state index >= 15 is 0 Å². The number of unbranched alkanes of at least 4 members (excludes halogenated alkanes) is 2. The molecule has 0 saturated heterocycles. The lowest BCUT2D eigenvalue weighted by Gasteiger charge is -2.30. The molecule has 5 nitrogen and oxygen atoms in total. The quantitative estimate of drug-likeness (QED) is 0.602. The van der Waals surface area contributed by atoms with Crippen LogP contribution >= 0.6 is 0 Å². The summed E-state index contributed by atoms with van der Waals surface area (Å²) in [5.41, 5.74) is 6.47. The number of allylic oxidation sites excluding steroid dienone is 2. The molecule has 2 aliphatic rings. The molecule has 0 radical (unpaired) electrons. The fourth-order valence-electron chi connectivity index (χ4n) is 3.80. The molecule has 0 spiro atoms. The summed E-state index contributed by atoms with van der Waals surface area (Å²) < 4.78 is 6.16. The van der Waals surface area contributed by atoms with Gasteiger partial charge in [-0.05, 0) is 25.2 Å². The fourth-order valence-corrected chi connectivity index (χ4v) is 3.80. The lowest BCUT2D eigenvalue weighted by molar-refractivity contribution is -0.133. The van der Waals surface area contributed by atoms with Crippen LogP contribution in [0.2, 0.25) is 0 Å². The number of hydrogen-bond acceptors (Lipinski definition) is 4. The summed E-state index contributed by atoms with van der Waals surface area (Å²) in [6, 6.07) is 0. The van der Waals surface area contributed by atoms with Crippen LogP contribution in [0.4, 0.5) is 0 Å². The smallest absolute Gasteiger partial charge is 0.259 e. The van der Waals surface area contributed by atoms with E-state index in [9.17, 15) is 4.79 Å². The molecule has 3 unspecified atom stereocenters. The van der Waals surface area contributed by atoms with Crippen molar-refractivity contribution in [3.63, 3.8) is 0 Å². The summed E-state index contributed by atoms with van der Waals surface area (Å²) in [6.07, 6.45) is 13.6. The largest absolute Gasteiger partial charge is 0.371 e. The molecule has 5 heteroatoms. The molecule has 0 aromatic rings. The van der Waals surface area contributed by atoms with Gasteiger partial charge in [0.15, 0.2) is 11.5 Å². The topological polar surface area (TPSA) is 67.9 Å². The Kier molecular flexibility index (Phi) is 7.44. The number of rotatable bonds is 10. The van der Waals surface area contributed by atoms with Gasteiger partial charge in [-0.3, -0.25) is 9.69 Å². The molecule has 0 aromatic carbocycles. The molecule has 0 saturated carbocycles. The Morgan fingerprint density at radius 3 is 2.81 bits per heavy atom. The van der Waals surface area contributed by atoms with Gasteiger partial charge >= 0.3 is 0 Å². The second kappa shape index (κ2) is 9.36. The second-order valence-electron chi connectivity index (χ2n) is 7.79. The van der Waals surface area contributed by atoms with E-state index in [1.807, 2.05) is 6.08 Å². The predicted octanol–water partition coefficient (Wildman–Crippen LogP) is 3.80. The Hall–Kier alpha value is -1.62. The maximum atomic E-state index is 12.9. The van der Waals surface area contributed by atoms with Crippen LogP contribution < -0.4 is 5.73 Å². The molecule has 0 bridgehead atoms. The maximum absolute atomic E-state index is 12.9. The zero-order chi connectivity index (χ0) is 19.2. The summed E-state index contributed by atoms with van der Waals surface area (Å²) >= 11 is 0. The van der Waals surface area contributed by atoms with Crippen LogP contribution in [0.5, 0.6) is 0 Å². The van der Waals surface area contributed by atoms with E-state index in [1.165, 1.54) is 29.7 Å². The van der Waals surface area contributed by atoms with E-state index < -0.39 is 5.54 Å². The third-order valence-corrected chi connectivity index (χ3v) is 5.47. The standard InChI is InChI=1S/C21H35N3O2/c1-5-7-8-10-16(3)14-21(19(25)24(4)20(22)23-21)15-26-18-12-9-11-17(6-2)13-18/h9,11-12,16,18H,5-8,10,13-15H2,1-4H3,(H2,22,23). The van der Waals surface area contributed by atoms with Crippen LogP contribution in [0.1, 0.15) is 65.7 Å². The molecule has 0 fully saturated rings. The van der Waals surface area contributed by atoms with E-state index in [0.29, 0.717) is 24.9 Å². The molecule has 0 aromatic heterocycles. The van der Waals surface area contributed by atoms with Gasteiger partial charge in [0.25, 0.3) is 5.91 Å². The SMILES string of the molecule is CCCCCC(C)CC1(COC2C=CC=C(CC)C2)N=C(N)N(C)C1=O. The van der Waals surface area contributed by atoms with E-state index in [0.717, 1.165) is 19.3 Å². The van der Waals surface area contributed by atoms with Crippen LogP contribution in [0.25, 0.3) is 0 Å². The highest BCUT2D eigenvalue weighted by Gasteiger charge is 2.47. The van der Waals surface area contributed by atoms with Gasteiger partial charge in [-0.1, -0.05) is 70.3 Å². The first kappa shape index (κ1) is 20.7. The van der Waals surface area contributed by atoms with Crippen molar-refractivity contribution in [1.29, 1.82) is 0 Å². The van der Waals surface area contributed by atoms with Gasteiger partial charge in [0.05, 0.1) is 12.7 Å². The van der Waals surface area contributed by atoms with Gasteiger partial charge in [0.1, 0.15) is 0 Å². The molecular formula is C21H35N3O2. The van der Waals surface area contributed by atoms with Crippen molar-refractivity contribution in [3.05, 3.63) is 23.8 Å². The molecular weight excluding hydrogens is 326 g/mol. The highest BCUT2D eigenvalue weighted by atomic mass is 16.5. The van der Waals surface area contributed by atoms with E-state index in [4.69, 9.17) is 10.5 Å². The van der Waals surface area contributed by atoms with Crippen LogP contribution in [-0.4, -0.2) is 42.1 Å². The van der Waals surface area contributed by atoms with Crippen molar-refractivity contribution < 1.29 is 9.53 Å². The van der Waals surface area contributed by atoms with Crippen molar-refractivity contribution in [2.24, 2.45) is 16.6 Å². The minimum atomic E-state index is -0.869. The predicted molar refractivity (Wildman–Crippen MR) is 107 cm³/mol. The second-order valence-corrected chi connectivity index (χ2v) is 7.79. The number of hydrogen-bond donors (Lipinski definition) is 1. The third-order valence-electron chi connectivity index (χ3n) is 5.47. The van der Waals surface area contributed by atoms with Crippen LogP contribution in [0.15, 0.2) is 28.8 Å². The molecule has 3 atom stereocenters. The van der Waals surface area contributed by atoms with Gasteiger partial charge in [-0.15, -0.1) is 0 Å². The average Bonchev–Trinajstić information content (AvgIpc) is 2.84. The molecule has 2 rings (SSSR count). The molecule has 1 heterocycles. The number of nitrogens with two attached hydrogens (primary N) is 1. The first-order chi connectivity index (χ1) is 12.4. The molecule has 1 amide bonds. The van der Waals surface area contributed by atoms with Crippen molar-refractivity contribution >= 4 is 11.9 Å². The van der Waals surface area contributed by atoms with Crippen LogP contribution in [0.3, 0.4) is 0 Å². The lowest BCUT2D eigenvalue weighted by Crippen LogP contribution is -2.46. The van der Waals surface area contributed by atoms with Gasteiger partial charge in [-0.25, -0.2) is 4.99 Å². The van der Waals surface area contributed by atoms with Gasteiger partial charge in [0.2, 0.25) is 0 Å². The Balaban J connectivity index is 2.04. The molecule has 1 aliphatic heterocycles. The highest BCUT2D eigenvalue weighted by molar-refractivity contribution is 6.06. The van der Waals surface area contributed by atoms with Gasteiger partial charge in [-0.2, -0.15) is 0 Å². The van der Waals surface area contributed by atoms with Gasteiger partial charge in [0, 0.05) is 7.05 Å². The summed E-state index contributed by atoms with van der Waals surface area (Å²) in [7, 11) is 1.70. The number of ether oxygens (including phenoxy) is 1. The van der Waals surface area contributed by atoms with E-state index in [-0.39, 0.29) is 12.0 Å².